The van der Waals surface area contributed by atoms with Gasteiger partial charge in [0.1, 0.15) is 0 Å². The Bertz CT molecular complexity index is 699. The predicted octanol–water partition coefficient (Wildman–Crippen LogP) is 3.37. The van der Waals surface area contributed by atoms with E-state index in [1.807, 2.05) is 38.1 Å². The highest BCUT2D eigenvalue weighted by Crippen LogP contribution is 2.12. The lowest BCUT2D eigenvalue weighted by Crippen LogP contribution is -2.23. The van der Waals surface area contributed by atoms with Crippen LogP contribution in [0.5, 0.6) is 0 Å². The van der Waals surface area contributed by atoms with Crippen molar-refractivity contribution < 1.29 is 9.59 Å². The van der Waals surface area contributed by atoms with Gasteiger partial charge in [0.25, 0.3) is 5.91 Å². The zero-order chi connectivity index (χ0) is 16.8. The second kappa shape index (κ2) is 7.87. The monoisotopic (exact) mass is 375 g/mol. The fraction of sp³-hybridized carbons (Fsp3) is 0.235. The van der Waals surface area contributed by atoms with Crippen molar-refractivity contribution in [3.8, 4) is 0 Å². The molecule has 0 spiro atoms. The summed E-state index contributed by atoms with van der Waals surface area (Å²) in [6, 6.07) is 9.10. The Hall–Kier alpha value is -2.21. The molecule has 6 heteroatoms. The number of nitrogens with one attached hydrogen (secondary N) is 2. The molecule has 2 aromatic rings. The maximum atomic E-state index is 12.0. The third-order valence-electron chi connectivity index (χ3n) is 3.17. The van der Waals surface area contributed by atoms with Gasteiger partial charge < -0.3 is 10.6 Å². The van der Waals surface area contributed by atoms with Crippen LogP contribution in [-0.4, -0.2) is 16.8 Å². The Morgan fingerprint density at radius 3 is 2.48 bits per heavy atom. The second-order valence-corrected chi connectivity index (χ2v) is 6.33. The first kappa shape index (κ1) is 17.1. The van der Waals surface area contributed by atoms with Crippen LogP contribution < -0.4 is 10.6 Å². The molecule has 0 atom stereocenters. The van der Waals surface area contributed by atoms with Crippen LogP contribution in [0, 0.1) is 5.92 Å². The van der Waals surface area contributed by atoms with Crippen LogP contribution in [-0.2, 0) is 11.3 Å². The van der Waals surface area contributed by atoms with Gasteiger partial charge in [0.05, 0.1) is 5.56 Å². The van der Waals surface area contributed by atoms with Gasteiger partial charge >= 0.3 is 0 Å². The number of carbonyl (C=O) groups is 2. The molecule has 120 valence electrons. The van der Waals surface area contributed by atoms with E-state index in [9.17, 15) is 9.59 Å². The zero-order valence-electron chi connectivity index (χ0n) is 13.0. The summed E-state index contributed by atoms with van der Waals surface area (Å²) in [6.07, 6.45) is 3.14. The molecule has 1 aromatic carbocycles. The first-order valence-electron chi connectivity index (χ1n) is 7.24. The second-order valence-electron chi connectivity index (χ2n) is 5.42. The molecule has 2 amide bonds. The van der Waals surface area contributed by atoms with Crippen molar-refractivity contribution in [2.75, 3.05) is 5.32 Å². The van der Waals surface area contributed by atoms with E-state index in [1.165, 1.54) is 6.20 Å². The van der Waals surface area contributed by atoms with Crippen molar-refractivity contribution in [1.29, 1.82) is 0 Å². The van der Waals surface area contributed by atoms with Gasteiger partial charge in [-0.1, -0.05) is 26.0 Å². The third kappa shape index (κ3) is 5.17. The van der Waals surface area contributed by atoms with Crippen LogP contribution >= 0.6 is 15.9 Å². The number of halogens is 1. The molecule has 2 rings (SSSR count). The highest BCUT2D eigenvalue weighted by Gasteiger charge is 2.08. The van der Waals surface area contributed by atoms with Gasteiger partial charge in [0.2, 0.25) is 5.91 Å². The Labute approximate surface area is 143 Å². The van der Waals surface area contributed by atoms with E-state index in [2.05, 4.69) is 31.5 Å². The molecular formula is C17H18BrN3O2. The maximum Gasteiger partial charge on any atom is 0.253 e. The number of anilines is 1. The highest BCUT2D eigenvalue weighted by molar-refractivity contribution is 9.10. The fourth-order valence-electron chi connectivity index (χ4n) is 1.81. The van der Waals surface area contributed by atoms with Gasteiger partial charge in [0.15, 0.2) is 0 Å². The number of aromatic nitrogens is 1. The number of pyridine rings is 1. The molecule has 0 saturated carbocycles. The lowest BCUT2D eigenvalue weighted by molar-refractivity contribution is -0.118. The molecule has 0 unspecified atom stereocenters. The molecule has 5 nitrogen and oxygen atoms in total. The van der Waals surface area contributed by atoms with Crippen LogP contribution in [0.2, 0.25) is 0 Å². The van der Waals surface area contributed by atoms with E-state index in [4.69, 9.17) is 0 Å². The Morgan fingerprint density at radius 2 is 1.87 bits per heavy atom. The summed E-state index contributed by atoms with van der Waals surface area (Å²) in [5.41, 5.74) is 2.19. The van der Waals surface area contributed by atoms with E-state index in [0.717, 1.165) is 15.7 Å². The highest BCUT2D eigenvalue weighted by atomic mass is 79.9. The fourth-order valence-corrected chi connectivity index (χ4v) is 2.18. The molecule has 1 aromatic heterocycles. The molecule has 0 saturated heterocycles. The summed E-state index contributed by atoms with van der Waals surface area (Å²) in [7, 11) is 0. The van der Waals surface area contributed by atoms with Crippen LogP contribution in [0.4, 0.5) is 5.69 Å². The molecular weight excluding hydrogens is 358 g/mol. The predicted molar refractivity (Wildman–Crippen MR) is 93.0 cm³/mol. The number of hydrogen-bond acceptors (Lipinski definition) is 3. The summed E-state index contributed by atoms with van der Waals surface area (Å²) in [6.45, 7) is 4.09. The number of nitrogens with zero attached hydrogens (tertiary/aromatic N) is 1. The minimum absolute atomic E-state index is 0.0202. The van der Waals surface area contributed by atoms with Gasteiger partial charge in [-0.2, -0.15) is 0 Å². The van der Waals surface area contributed by atoms with Crippen LogP contribution in [0.1, 0.15) is 29.8 Å². The van der Waals surface area contributed by atoms with Crippen molar-refractivity contribution in [2.45, 2.75) is 20.4 Å². The van der Waals surface area contributed by atoms with Crippen LogP contribution in [0.15, 0.2) is 47.2 Å². The minimum atomic E-state index is -0.184. The van der Waals surface area contributed by atoms with Crippen molar-refractivity contribution in [3.63, 3.8) is 0 Å². The van der Waals surface area contributed by atoms with E-state index in [-0.39, 0.29) is 17.7 Å². The van der Waals surface area contributed by atoms with Crippen molar-refractivity contribution in [3.05, 3.63) is 58.3 Å². The quantitative estimate of drug-likeness (QED) is 0.841. The molecule has 0 aliphatic rings. The van der Waals surface area contributed by atoms with E-state index >= 15 is 0 Å². The number of hydrogen-bond donors (Lipinski definition) is 2. The molecule has 0 aliphatic carbocycles. The van der Waals surface area contributed by atoms with Gasteiger partial charge in [-0.15, -0.1) is 0 Å². The Balaban J connectivity index is 1.91. The summed E-state index contributed by atoms with van der Waals surface area (Å²) < 4.78 is 0.760. The van der Waals surface area contributed by atoms with E-state index < -0.39 is 0 Å². The van der Waals surface area contributed by atoms with Gasteiger partial charge in [-0.3, -0.25) is 14.6 Å². The molecule has 23 heavy (non-hydrogen) atoms. The summed E-state index contributed by atoms with van der Waals surface area (Å²) in [5.74, 6) is -0.267. The maximum absolute atomic E-state index is 12.0. The zero-order valence-corrected chi connectivity index (χ0v) is 14.6. The van der Waals surface area contributed by atoms with Crippen molar-refractivity contribution in [1.82, 2.24) is 10.3 Å². The summed E-state index contributed by atoms with van der Waals surface area (Å²) in [4.78, 5) is 27.6. The molecule has 2 N–H and O–H groups in total. The smallest absolute Gasteiger partial charge is 0.253 e. The molecule has 0 bridgehead atoms. The standard InChI is InChI=1S/C17H18BrN3O2/c1-11(2)16(22)21-15-5-3-12(4-6-15)8-20-17(23)13-7-14(18)10-19-9-13/h3-7,9-11H,8H2,1-2H3,(H,20,23)(H,21,22). The largest absolute Gasteiger partial charge is 0.348 e. The van der Waals surface area contributed by atoms with Crippen LogP contribution in [0.3, 0.4) is 0 Å². The Morgan fingerprint density at radius 1 is 1.17 bits per heavy atom. The lowest BCUT2D eigenvalue weighted by Gasteiger charge is -2.09. The lowest BCUT2D eigenvalue weighted by atomic mass is 10.1. The number of rotatable bonds is 5. The van der Waals surface area contributed by atoms with Gasteiger partial charge in [-0.25, -0.2) is 0 Å². The summed E-state index contributed by atoms with van der Waals surface area (Å²) >= 11 is 3.29. The average Bonchev–Trinajstić information content (AvgIpc) is 2.53. The number of amides is 2. The Kier molecular flexibility index (Phi) is 5.87. The minimum Gasteiger partial charge on any atom is -0.348 e. The average molecular weight is 376 g/mol. The van der Waals surface area contributed by atoms with Gasteiger partial charge in [-0.05, 0) is 39.7 Å². The van der Waals surface area contributed by atoms with Crippen molar-refractivity contribution in [2.24, 2.45) is 5.92 Å². The van der Waals surface area contributed by atoms with E-state index in [0.29, 0.717) is 12.1 Å². The first-order valence-corrected chi connectivity index (χ1v) is 8.03. The molecule has 0 fully saturated rings. The van der Waals surface area contributed by atoms with E-state index in [1.54, 1.807) is 12.3 Å². The first-order chi connectivity index (χ1) is 11.0. The van der Waals surface area contributed by atoms with Crippen LogP contribution in [0.25, 0.3) is 0 Å². The summed E-state index contributed by atoms with van der Waals surface area (Å²) in [5, 5.41) is 5.66. The molecule has 0 radical (unpaired) electrons. The van der Waals surface area contributed by atoms with Crippen molar-refractivity contribution >= 4 is 33.4 Å². The normalized spacial score (nSPS) is 10.4. The van der Waals surface area contributed by atoms with Gasteiger partial charge in [0, 0.05) is 35.0 Å². The number of carbonyl (C=O) groups excluding carboxylic acids is 2. The number of benzene rings is 1. The topological polar surface area (TPSA) is 71.1 Å². The molecule has 0 aliphatic heterocycles. The molecule has 1 heterocycles. The third-order valence-corrected chi connectivity index (χ3v) is 3.60. The SMILES string of the molecule is CC(C)C(=O)Nc1ccc(CNC(=O)c2cncc(Br)c2)cc1.